The van der Waals surface area contributed by atoms with Crippen molar-refractivity contribution in [2.24, 2.45) is 5.73 Å². The molecule has 0 unspecified atom stereocenters. The van der Waals surface area contributed by atoms with Gasteiger partial charge in [0, 0.05) is 23.6 Å². The third-order valence-corrected chi connectivity index (χ3v) is 4.22. The molecule has 1 heterocycles. The van der Waals surface area contributed by atoms with Crippen LogP contribution in [-0.4, -0.2) is 20.4 Å². The molecule has 1 fully saturated rings. The molecule has 4 heteroatoms. The van der Waals surface area contributed by atoms with Gasteiger partial charge in [0.1, 0.15) is 5.75 Å². The fourth-order valence-corrected chi connectivity index (χ4v) is 3.14. The largest absolute Gasteiger partial charge is 0.496 e. The van der Waals surface area contributed by atoms with Gasteiger partial charge >= 0.3 is 0 Å². The highest BCUT2D eigenvalue weighted by Gasteiger charge is 2.38. The lowest BCUT2D eigenvalue weighted by atomic mass is 9.78. The summed E-state index contributed by atoms with van der Waals surface area (Å²) in [5.41, 5.74) is 7.27. The van der Waals surface area contributed by atoms with Crippen molar-refractivity contribution in [3.63, 3.8) is 0 Å². The average Bonchev–Trinajstić information content (AvgIpc) is 3.06. The molecule has 1 aliphatic heterocycles. The Morgan fingerprint density at radius 1 is 1.22 bits per heavy atom. The molecule has 0 atom stereocenters. The van der Waals surface area contributed by atoms with E-state index in [1.165, 1.54) is 18.4 Å². The van der Waals surface area contributed by atoms with Crippen molar-refractivity contribution < 1.29 is 14.2 Å². The number of rotatable bonds is 3. The van der Waals surface area contributed by atoms with Gasteiger partial charge in [-0.3, -0.25) is 0 Å². The average molecular weight is 249 g/mol. The van der Waals surface area contributed by atoms with Crippen LogP contribution in [0, 0.1) is 0 Å². The quantitative estimate of drug-likeness (QED) is 0.892. The zero-order valence-corrected chi connectivity index (χ0v) is 10.7. The molecule has 2 N–H and O–H groups in total. The maximum Gasteiger partial charge on any atom is 0.231 e. The van der Waals surface area contributed by atoms with E-state index in [0.29, 0.717) is 6.54 Å². The topological polar surface area (TPSA) is 53.7 Å². The molecular weight excluding hydrogens is 230 g/mol. The summed E-state index contributed by atoms with van der Waals surface area (Å²) in [5, 5.41) is 0. The minimum absolute atomic E-state index is 0.0479. The molecule has 1 saturated carbocycles. The normalized spacial score (nSPS) is 20.1. The molecule has 1 aromatic rings. The van der Waals surface area contributed by atoms with E-state index in [1.54, 1.807) is 7.11 Å². The van der Waals surface area contributed by atoms with Crippen LogP contribution in [0.1, 0.15) is 31.2 Å². The SMILES string of the molecule is COc1cc2c(cc1C1(CN)CCCC1)OCO2. The lowest BCUT2D eigenvalue weighted by molar-refractivity contribution is 0.173. The van der Waals surface area contributed by atoms with E-state index < -0.39 is 0 Å². The standard InChI is InChI=1S/C14H19NO3/c1-16-11-7-13-12(17-9-18-13)6-10(11)14(8-15)4-2-3-5-14/h6-7H,2-5,8-9,15H2,1H3. The Morgan fingerprint density at radius 2 is 1.89 bits per heavy atom. The van der Waals surface area contributed by atoms with Crippen LogP contribution in [0.3, 0.4) is 0 Å². The van der Waals surface area contributed by atoms with Gasteiger partial charge in [0.2, 0.25) is 6.79 Å². The summed E-state index contributed by atoms with van der Waals surface area (Å²) < 4.78 is 16.4. The monoisotopic (exact) mass is 249 g/mol. The van der Waals surface area contributed by atoms with Gasteiger partial charge in [-0.25, -0.2) is 0 Å². The van der Waals surface area contributed by atoms with Crippen LogP contribution < -0.4 is 19.9 Å². The molecule has 18 heavy (non-hydrogen) atoms. The van der Waals surface area contributed by atoms with Crippen molar-refractivity contribution in [3.8, 4) is 17.2 Å². The summed E-state index contributed by atoms with van der Waals surface area (Å²) in [6, 6.07) is 3.98. The lowest BCUT2D eigenvalue weighted by Gasteiger charge is -2.29. The zero-order valence-electron chi connectivity index (χ0n) is 10.7. The highest BCUT2D eigenvalue weighted by Crippen LogP contribution is 2.48. The van der Waals surface area contributed by atoms with Crippen LogP contribution in [0.4, 0.5) is 0 Å². The number of benzene rings is 1. The number of methoxy groups -OCH3 is 1. The zero-order chi connectivity index (χ0) is 12.6. The second-order valence-corrected chi connectivity index (χ2v) is 5.10. The first kappa shape index (κ1) is 11.7. The molecule has 1 aromatic carbocycles. The molecule has 1 aliphatic carbocycles. The molecule has 0 radical (unpaired) electrons. The first-order valence-electron chi connectivity index (χ1n) is 6.47. The molecule has 0 aromatic heterocycles. The van der Waals surface area contributed by atoms with Crippen molar-refractivity contribution in [1.29, 1.82) is 0 Å². The third-order valence-electron chi connectivity index (χ3n) is 4.22. The molecule has 0 saturated heterocycles. The van der Waals surface area contributed by atoms with Gasteiger partial charge in [0.05, 0.1) is 7.11 Å². The molecule has 3 rings (SSSR count). The van der Waals surface area contributed by atoms with E-state index in [4.69, 9.17) is 19.9 Å². The number of hydrogen-bond acceptors (Lipinski definition) is 4. The van der Waals surface area contributed by atoms with Crippen LogP contribution in [0.2, 0.25) is 0 Å². The molecule has 98 valence electrons. The first-order valence-corrected chi connectivity index (χ1v) is 6.47. The predicted molar refractivity (Wildman–Crippen MR) is 68.3 cm³/mol. The van der Waals surface area contributed by atoms with Crippen LogP contribution in [-0.2, 0) is 5.41 Å². The Morgan fingerprint density at radius 3 is 2.50 bits per heavy atom. The van der Waals surface area contributed by atoms with Crippen molar-refractivity contribution in [2.45, 2.75) is 31.1 Å². The Labute approximate surface area is 107 Å². The molecule has 0 bridgehead atoms. The Bertz CT molecular complexity index is 453. The van der Waals surface area contributed by atoms with Crippen molar-refractivity contribution in [1.82, 2.24) is 0 Å². The minimum Gasteiger partial charge on any atom is -0.496 e. The Balaban J connectivity index is 2.09. The summed E-state index contributed by atoms with van der Waals surface area (Å²) in [7, 11) is 1.69. The van der Waals surface area contributed by atoms with Crippen molar-refractivity contribution >= 4 is 0 Å². The summed E-state index contributed by atoms with van der Waals surface area (Å²) >= 11 is 0. The third kappa shape index (κ3) is 1.63. The highest BCUT2D eigenvalue weighted by atomic mass is 16.7. The maximum atomic E-state index is 6.04. The Kier molecular flexibility index (Phi) is 2.82. The van der Waals surface area contributed by atoms with Gasteiger partial charge in [0.25, 0.3) is 0 Å². The molecular formula is C14H19NO3. The molecule has 4 nitrogen and oxygen atoms in total. The van der Waals surface area contributed by atoms with E-state index in [-0.39, 0.29) is 12.2 Å². The fraction of sp³-hybridized carbons (Fsp3) is 0.571. The van der Waals surface area contributed by atoms with Crippen LogP contribution in [0.15, 0.2) is 12.1 Å². The second-order valence-electron chi connectivity index (χ2n) is 5.10. The van der Waals surface area contributed by atoms with Gasteiger partial charge in [-0.15, -0.1) is 0 Å². The summed E-state index contributed by atoms with van der Waals surface area (Å²) in [5.74, 6) is 2.44. The maximum absolute atomic E-state index is 6.04. The van der Waals surface area contributed by atoms with E-state index in [2.05, 4.69) is 6.07 Å². The lowest BCUT2D eigenvalue weighted by Crippen LogP contribution is -2.32. The van der Waals surface area contributed by atoms with Crippen LogP contribution in [0.5, 0.6) is 17.2 Å². The minimum atomic E-state index is 0.0479. The predicted octanol–water partition coefficient (Wildman–Crippen LogP) is 2.19. The molecule has 2 aliphatic rings. The number of ether oxygens (including phenoxy) is 3. The van der Waals surface area contributed by atoms with E-state index in [9.17, 15) is 0 Å². The summed E-state index contributed by atoms with van der Waals surface area (Å²) in [6.07, 6.45) is 4.71. The summed E-state index contributed by atoms with van der Waals surface area (Å²) in [4.78, 5) is 0. The number of nitrogens with two attached hydrogens (primary N) is 1. The van der Waals surface area contributed by atoms with E-state index >= 15 is 0 Å². The summed E-state index contributed by atoms with van der Waals surface area (Å²) in [6.45, 7) is 0.945. The second kappa shape index (κ2) is 4.35. The molecule has 0 amide bonds. The van der Waals surface area contributed by atoms with Crippen LogP contribution in [0.25, 0.3) is 0 Å². The van der Waals surface area contributed by atoms with Gasteiger partial charge in [0.15, 0.2) is 11.5 Å². The molecule has 0 spiro atoms. The fourth-order valence-electron chi connectivity index (χ4n) is 3.14. The van der Waals surface area contributed by atoms with Gasteiger partial charge < -0.3 is 19.9 Å². The van der Waals surface area contributed by atoms with E-state index in [0.717, 1.165) is 30.1 Å². The van der Waals surface area contributed by atoms with Crippen molar-refractivity contribution in [2.75, 3.05) is 20.4 Å². The number of fused-ring (bicyclic) bond motifs is 1. The van der Waals surface area contributed by atoms with Crippen LogP contribution >= 0.6 is 0 Å². The smallest absolute Gasteiger partial charge is 0.231 e. The number of hydrogen-bond donors (Lipinski definition) is 1. The van der Waals surface area contributed by atoms with Gasteiger partial charge in [-0.2, -0.15) is 0 Å². The van der Waals surface area contributed by atoms with Gasteiger partial charge in [-0.05, 0) is 18.9 Å². The highest BCUT2D eigenvalue weighted by molar-refractivity contribution is 5.54. The van der Waals surface area contributed by atoms with Gasteiger partial charge in [-0.1, -0.05) is 12.8 Å². The van der Waals surface area contributed by atoms with E-state index in [1.807, 2.05) is 6.07 Å². The first-order chi connectivity index (χ1) is 8.79. The Hall–Kier alpha value is -1.42. The van der Waals surface area contributed by atoms with Crippen molar-refractivity contribution in [3.05, 3.63) is 17.7 Å².